The summed E-state index contributed by atoms with van der Waals surface area (Å²) in [4.78, 5) is 13.9. The Morgan fingerprint density at radius 1 is 1.35 bits per heavy atom. The molecule has 1 atom stereocenters. The second kappa shape index (κ2) is 6.91. The fraction of sp³-hybridized carbons (Fsp3) is 0.438. The molecule has 1 aromatic carbocycles. The molecule has 3 nitrogen and oxygen atoms in total. The molecular weight excluding hydrogens is 274 g/mol. The molecule has 0 aliphatic carbocycles. The van der Waals surface area contributed by atoms with Gasteiger partial charge in [0.05, 0.1) is 6.10 Å². The third-order valence-corrected chi connectivity index (χ3v) is 4.07. The van der Waals surface area contributed by atoms with Gasteiger partial charge in [-0.25, -0.2) is 0 Å². The molecule has 4 heteroatoms. The first kappa shape index (κ1) is 15.1. The summed E-state index contributed by atoms with van der Waals surface area (Å²) in [5.41, 5.74) is 0.960. The summed E-state index contributed by atoms with van der Waals surface area (Å²) in [5.74, 6) is 0.350. The number of amides is 1. The number of piperidine rings is 1. The van der Waals surface area contributed by atoms with Crippen LogP contribution in [0.15, 0.2) is 30.3 Å². The molecule has 0 spiro atoms. The van der Waals surface area contributed by atoms with Crippen molar-refractivity contribution in [3.05, 3.63) is 40.9 Å². The molecule has 1 heterocycles. The van der Waals surface area contributed by atoms with Crippen LogP contribution >= 0.6 is 11.6 Å². The zero-order valence-electron chi connectivity index (χ0n) is 11.6. The Morgan fingerprint density at radius 2 is 1.95 bits per heavy atom. The number of halogens is 1. The first-order chi connectivity index (χ1) is 9.56. The standard InChI is InChI=1S/C16H20ClNO2/c1-12(19)14-8-10-18(11-9-14)16(20)7-4-13-2-5-15(17)6-3-13/h2-7,12,14,19H,8-11H2,1H3. The van der Waals surface area contributed by atoms with Crippen molar-refractivity contribution in [3.63, 3.8) is 0 Å². The molecule has 0 aromatic heterocycles. The van der Waals surface area contributed by atoms with Crippen molar-refractivity contribution in [2.75, 3.05) is 13.1 Å². The van der Waals surface area contributed by atoms with Gasteiger partial charge in [0, 0.05) is 24.2 Å². The van der Waals surface area contributed by atoms with Crippen molar-refractivity contribution >= 4 is 23.6 Å². The maximum Gasteiger partial charge on any atom is 0.246 e. The molecule has 20 heavy (non-hydrogen) atoms. The molecule has 1 saturated heterocycles. The van der Waals surface area contributed by atoms with Gasteiger partial charge < -0.3 is 10.0 Å². The van der Waals surface area contributed by atoms with E-state index < -0.39 is 0 Å². The van der Waals surface area contributed by atoms with E-state index in [1.165, 1.54) is 0 Å². The van der Waals surface area contributed by atoms with E-state index in [9.17, 15) is 9.90 Å². The highest BCUT2D eigenvalue weighted by Gasteiger charge is 2.24. The molecule has 0 bridgehead atoms. The van der Waals surface area contributed by atoms with Crippen molar-refractivity contribution in [1.29, 1.82) is 0 Å². The number of likely N-dealkylation sites (tertiary alicyclic amines) is 1. The topological polar surface area (TPSA) is 40.5 Å². The number of benzene rings is 1. The number of hydrogen-bond acceptors (Lipinski definition) is 2. The Labute approximate surface area is 124 Å². The van der Waals surface area contributed by atoms with Gasteiger partial charge in [-0.15, -0.1) is 0 Å². The molecule has 1 fully saturated rings. The Kier molecular flexibility index (Phi) is 5.21. The van der Waals surface area contributed by atoms with Gasteiger partial charge in [-0.3, -0.25) is 4.79 Å². The number of hydrogen-bond donors (Lipinski definition) is 1. The van der Waals surface area contributed by atoms with Crippen molar-refractivity contribution < 1.29 is 9.90 Å². The van der Waals surface area contributed by atoms with Crippen molar-refractivity contribution in [2.45, 2.75) is 25.9 Å². The largest absolute Gasteiger partial charge is 0.393 e. The molecule has 2 rings (SSSR count). The fourth-order valence-electron chi connectivity index (χ4n) is 2.45. The van der Waals surface area contributed by atoms with Gasteiger partial charge in [0.1, 0.15) is 0 Å². The molecule has 0 radical (unpaired) electrons. The molecule has 108 valence electrons. The highest BCUT2D eigenvalue weighted by atomic mass is 35.5. The zero-order chi connectivity index (χ0) is 14.5. The third kappa shape index (κ3) is 4.09. The maximum atomic E-state index is 12.1. The smallest absolute Gasteiger partial charge is 0.246 e. The summed E-state index contributed by atoms with van der Waals surface area (Å²) in [5, 5.41) is 10.2. The molecule has 1 aliphatic heterocycles. The van der Waals surface area contributed by atoms with E-state index in [0.717, 1.165) is 31.5 Å². The Morgan fingerprint density at radius 3 is 2.50 bits per heavy atom. The monoisotopic (exact) mass is 293 g/mol. The summed E-state index contributed by atoms with van der Waals surface area (Å²) in [6.45, 7) is 3.27. The number of carbonyl (C=O) groups is 1. The van der Waals surface area contributed by atoms with E-state index in [0.29, 0.717) is 10.9 Å². The lowest BCUT2D eigenvalue weighted by molar-refractivity contribution is -0.127. The summed E-state index contributed by atoms with van der Waals surface area (Å²) >= 11 is 5.82. The lowest BCUT2D eigenvalue weighted by Crippen LogP contribution is -2.39. The first-order valence-electron chi connectivity index (χ1n) is 6.97. The van der Waals surface area contributed by atoms with Gasteiger partial charge in [-0.2, -0.15) is 0 Å². The van der Waals surface area contributed by atoms with Gasteiger partial charge in [-0.1, -0.05) is 23.7 Å². The number of carbonyl (C=O) groups excluding carboxylic acids is 1. The van der Waals surface area contributed by atoms with Crippen LogP contribution in [0.1, 0.15) is 25.3 Å². The summed E-state index contributed by atoms with van der Waals surface area (Å²) in [7, 11) is 0. The second-order valence-corrected chi connectivity index (χ2v) is 5.72. The van der Waals surface area contributed by atoms with Crippen LogP contribution in [-0.2, 0) is 4.79 Å². The molecule has 0 saturated carbocycles. The average Bonchev–Trinajstić information content (AvgIpc) is 2.46. The number of nitrogens with zero attached hydrogens (tertiary/aromatic N) is 1. The van der Waals surface area contributed by atoms with Crippen LogP contribution in [0, 0.1) is 5.92 Å². The van der Waals surface area contributed by atoms with E-state index in [1.807, 2.05) is 24.0 Å². The highest BCUT2D eigenvalue weighted by molar-refractivity contribution is 6.30. The Balaban J connectivity index is 1.88. The van der Waals surface area contributed by atoms with Crippen LogP contribution in [0.5, 0.6) is 0 Å². The van der Waals surface area contributed by atoms with Crippen molar-refractivity contribution in [1.82, 2.24) is 4.90 Å². The van der Waals surface area contributed by atoms with Crippen LogP contribution in [-0.4, -0.2) is 35.1 Å². The number of aliphatic hydroxyl groups is 1. The number of aliphatic hydroxyl groups excluding tert-OH is 1. The van der Waals surface area contributed by atoms with E-state index >= 15 is 0 Å². The SMILES string of the molecule is CC(O)C1CCN(C(=O)C=Cc2ccc(Cl)cc2)CC1. The first-order valence-corrected chi connectivity index (χ1v) is 7.34. The van der Waals surface area contributed by atoms with Crippen LogP contribution < -0.4 is 0 Å². The normalized spacial score (nSPS) is 18.4. The van der Waals surface area contributed by atoms with Gasteiger partial charge in [-0.05, 0) is 49.5 Å². The summed E-state index contributed by atoms with van der Waals surface area (Å²) in [6.07, 6.45) is 4.87. The van der Waals surface area contributed by atoms with Crippen LogP contribution in [0.2, 0.25) is 5.02 Å². The van der Waals surface area contributed by atoms with Gasteiger partial charge in [0.2, 0.25) is 5.91 Å². The third-order valence-electron chi connectivity index (χ3n) is 3.82. The van der Waals surface area contributed by atoms with Crippen LogP contribution in [0.25, 0.3) is 6.08 Å². The quantitative estimate of drug-likeness (QED) is 0.871. The van der Waals surface area contributed by atoms with E-state index in [-0.39, 0.29) is 12.0 Å². The molecule has 1 aliphatic rings. The minimum atomic E-state index is -0.281. The van der Waals surface area contributed by atoms with E-state index in [4.69, 9.17) is 11.6 Å². The minimum absolute atomic E-state index is 0.0315. The zero-order valence-corrected chi connectivity index (χ0v) is 12.4. The predicted molar refractivity (Wildman–Crippen MR) is 81.5 cm³/mol. The lowest BCUT2D eigenvalue weighted by Gasteiger charge is -2.32. The molecule has 1 amide bonds. The molecule has 1 N–H and O–H groups in total. The van der Waals surface area contributed by atoms with E-state index in [2.05, 4.69) is 0 Å². The predicted octanol–water partition coefficient (Wildman–Crippen LogP) is 2.97. The average molecular weight is 294 g/mol. The lowest BCUT2D eigenvalue weighted by atomic mass is 9.92. The van der Waals surface area contributed by atoms with Gasteiger partial charge in [0.25, 0.3) is 0 Å². The van der Waals surface area contributed by atoms with Gasteiger partial charge >= 0.3 is 0 Å². The highest BCUT2D eigenvalue weighted by Crippen LogP contribution is 2.20. The summed E-state index contributed by atoms with van der Waals surface area (Å²) in [6, 6.07) is 7.37. The molecular formula is C16H20ClNO2. The fourth-order valence-corrected chi connectivity index (χ4v) is 2.58. The second-order valence-electron chi connectivity index (χ2n) is 5.29. The maximum absolute atomic E-state index is 12.1. The van der Waals surface area contributed by atoms with E-state index in [1.54, 1.807) is 24.3 Å². The van der Waals surface area contributed by atoms with Crippen LogP contribution in [0.4, 0.5) is 0 Å². The Hall–Kier alpha value is -1.32. The van der Waals surface area contributed by atoms with Crippen molar-refractivity contribution in [2.24, 2.45) is 5.92 Å². The molecule has 1 unspecified atom stereocenters. The van der Waals surface area contributed by atoms with Crippen molar-refractivity contribution in [3.8, 4) is 0 Å². The molecule has 1 aromatic rings. The van der Waals surface area contributed by atoms with Gasteiger partial charge in [0.15, 0.2) is 0 Å². The summed E-state index contributed by atoms with van der Waals surface area (Å²) < 4.78 is 0. The number of rotatable bonds is 3. The minimum Gasteiger partial charge on any atom is -0.393 e. The van der Waals surface area contributed by atoms with Crippen LogP contribution in [0.3, 0.4) is 0 Å². The Bertz CT molecular complexity index is 474.